The predicted molar refractivity (Wildman–Crippen MR) is 146 cm³/mol. The zero-order chi connectivity index (χ0) is 30.4. The molecule has 10 nitrogen and oxygen atoms in total. The zero-order valence-corrected chi connectivity index (χ0v) is 23.1. The second-order valence-corrected chi connectivity index (χ2v) is 9.86. The van der Waals surface area contributed by atoms with E-state index in [2.05, 4.69) is 20.9 Å². The molecule has 0 aliphatic heterocycles. The number of pyridine rings is 1. The van der Waals surface area contributed by atoms with Crippen molar-refractivity contribution in [2.24, 2.45) is 0 Å². The van der Waals surface area contributed by atoms with Crippen LogP contribution >= 0.6 is 0 Å². The molecule has 0 fully saturated rings. The van der Waals surface area contributed by atoms with Crippen molar-refractivity contribution >= 4 is 17.7 Å². The predicted octanol–water partition coefficient (Wildman–Crippen LogP) is 2.30. The molecule has 12 heteroatoms. The molecule has 0 bridgehead atoms. The van der Waals surface area contributed by atoms with Crippen LogP contribution in [0, 0.1) is 23.0 Å². The maximum Gasteiger partial charge on any atom is 0.253 e. The maximum absolute atomic E-state index is 13.9. The number of aliphatic hydroxyl groups is 2. The fraction of sp³-hybridized carbons (Fsp3) is 0.483. The number of rotatable bonds is 16. The summed E-state index contributed by atoms with van der Waals surface area (Å²) in [6.07, 6.45) is 2.24. The topological polar surface area (TPSA) is 164 Å². The molecule has 41 heavy (non-hydrogen) atoms. The molecule has 3 amide bonds. The normalized spacial score (nSPS) is 14.6. The fourth-order valence-electron chi connectivity index (χ4n) is 4.40. The van der Waals surface area contributed by atoms with Crippen LogP contribution in [0.2, 0.25) is 0 Å². The average Bonchev–Trinajstić information content (AvgIpc) is 2.92. The van der Waals surface area contributed by atoms with Crippen molar-refractivity contribution in [1.29, 1.82) is 5.26 Å². The Morgan fingerprint density at radius 2 is 1.68 bits per heavy atom. The Bertz CT molecular complexity index is 1170. The number of carbonyl (C=O) groups excluding carboxylic acids is 3. The number of halogens is 2. The van der Waals surface area contributed by atoms with Crippen molar-refractivity contribution in [3.63, 3.8) is 0 Å². The first-order valence-electron chi connectivity index (χ1n) is 13.5. The number of carbonyl (C=O) groups is 3. The van der Waals surface area contributed by atoms with E-state index in [9.17, 15) is 33.4 Å². The van der Waals surface area contributed by atoms with Gasteiger partial charge in [-0.3, -0.25) is 19.4 Å². The summed E-state index contributed by atoms with van der Waals surface area (Å²) in [5, 5.41) is 38.8. The van der Waals surface area contributed by atoms with Crippen molar-refractivity contribution in [3.8, 4) is 6.07 Å². The van der Waals surface area contributed by atoms with Crippen LogP contribution in [0.1, 0.15) is 68.3 Å². The number of aromatic nitrogens is 1. The minimum Gasteiger partial charge on any atom is -0.388 e. The molecule has 1 heterocycles. The Kier molecular flexibility index (Phi) is 13.8. The highest BCUT2D eigenvalue weighted by Gasteiger charge is 2.35. The third-order valence-electron chi connectivity index (χ3n) is 6.47. The van der Waals surface area contributed by atoms with Crippen LogP contribution in [0.15, 0.2) is 42.7 Å². The van der Waals surface area contributed by atoms with E-state index < -0.39 is 59.7 Å². The van der Waals surface area contributed by atoms with Crippen molar-refractivity contribution in [2.75, 3.05) is 0 Å². The monoisotopic (exact) mass is 573 g/mol. The van der Waals surface area contributed by atoms with E-state index in [0.717, 1.165) is 31.4 Å². The minimum absolute atomic E-state index is 0.0781. The molecule has 0 spiro atoms. The molecule has 0 aliphatic carbocycles. The van der Waals surface area contributed by atoms with E-state index in [0.29, 0.717) is 12.5 Å². The lowest BCUT2D eigenvalue weighted by molar-refractivity contribution is -0.127. The van der Waals surface area contributed by atoms with Gasteiger partial charge in [-0.25, -0.2) is 8.78 Å². The van der Waals surface area contributed by atoms with Gasteiger partial charge in [0.05, 0.1) is 30.1 Å². The summed E-state index contributed by atoms with van der Waals surface area (Å²) >= 11 is 0. The number of hydrogen-bond donors (Lipinski definition) is 5. The van der Waals surface area contributed by atoms with Crippen LogP contribution in [0.3, 0.4) is 0 Å². The van der Waals surface area contributed by atoms with Crippen molar-refractivity contribution in [1.82, 2.24) is 20.9 Å². The van der Waals surface area contributed by atoms with Gasteiger partial charge in [-0.05, 0) is 42.7 Å². The standard InChI is InChI=1S/C29H37F2N5O5/c1-3-4-5-6-9-24(35-28(40)20-8-7-12-33-17-20)29(41)36-25(15-19-13-21(30)16-22(31)14-19)27(39)26(38)23(10-11-32)34-18(2)37/h7-8,12-14,16-17,23-27,38-39H,3-6,9-10,15H2,1-2H3,(H,34,37)(H,35,40)(H,36,41)/t23-,24-,25+,26-,27-/m1/s1. The number of benzene rings is 1. The average molecular weight is 574 g/mol. The molecule has 1 aromatic heterocycles. The van der Waals surface area contributed by atoms with E-state index in [-0.39, 0.29) is 30.4 Å². The zero-order valence-electron chi connectivity index (χ0n) is 23.1. The van der Waals surface area contributed by atoms with Crippen molar-refractivity contribution < 1.29 is 33.4 Å². The smallest absolute Gasteiger partial charge is 0.253 e. The van der Waals surface area contributed by atoms with Gasteiger partial charge in [0, 0.05) is 25.4 Å². The molecule has 2 rings (SSSR count). The third kappa shape index (κ3) is 11.2. The third-order valence-corrected chi connectivity index (χ3v) is 6.47. The minimum atomic E-state index is -1.77. The summed E-state index contributed by atoms with van der Waals surface area (Å²) in [5.74, 6) is -3.55. The Morgan fingerprint density at radius 3 is 2.27 bits per heavy atom. The van der Waals surface area contributed by atoms with Crippen LogP contribution in [-0.2, 0) is 16.0 Å². The number of nitrogens with one attached hydrogen (secondary N) is 3. The quantitative estimate of drug-likeness (QED) is 0.192. The summed E-state index contributed by atoms with van der Waals surface area (Å²) in [5.41, 5.74) is 0.310. The first-order chi connectivity index (χ1) is 19.5. The Morgan fingerprint density at radius 1 is 1.00 bits per heavy atom. The molecular formula is C29H37F2N5O5. The Labute approximate surface area is 238 Å². The SMILES string of the molecule is CCCCCC[C@@H](NC(=O)c1cccnc1)C(=O)N[C@@H](Cc1cc(F)cc(F)c1)[C@@H](O)[C@H](O)[C@@H](CC#N)NC(C)=O. The van der Waals surface area contributed by atoms with Gasteiger partial charge in [0.1, 0.15) is 29.9 Å². The van der Waals surface area contributed by atoms with Gasteiger partial charge in [-0.2, -0.15) is 5.26 Å². The molecule has 0 radical (unpaired) electrons. The van der Waals surface area contributed by atoms with E-state index >= 15 is 0 Å². The number of hydrogen-bond acceptors (Lipinski definition) is 7. The number of unbranched alkanes of at least 4 members (excludes halogenated alkanes) is 3. The summed E-state index contributed by atoms with van der Waals surface area (Å²) in [7, 11) is 0. The largest absolute Gasteiger partial charge is 0.388 e. The number of aliphatic hydroxyl groups excluding tert-OH is 2. The second-order valence-electron chi connectivity index (χ2n) is 9.86. The second kappa shape index (κ2) is 17.0. The highest BCUT2D eigenvalue weighted by atomic mass is 19.1. The van der Waals surface area contributed by atoms with Gasteiger partial charge in [-0.15, -0.1) is 0 Å². The summed E-state index contributed by atoms with van der Waals surface area (Å²) in [4.78, 5) is 41.9. The van der Waals surface area contributed by atoms with E-state index in [4.69, 9.17) is 5.26 Å². The Hall–Kier alpha value is -3.95. The molecule has 5 atom stereocenters. The van der Waals surface area contributed by atoms with Crippen LogP contribution < -0.4 is 16.0 Å². The summed E-state index contributed by atoms with van der Waals surface area (Å²) in [6.45, 7) is 3.20. The molecule has 1 aromatic carbocycles. The first-order valence-corrected chi connectivity index (χ1v) is 13.5. The lowest BCUT2D eigenvalue weighted by Gasteiger charge is -2.33. The summed E-state index contributed by atoms with van der Waals surface area (Å²) < 4.78 is 27.9. The van der Waals surface area contributed by atoms with Crippen molar-refractivity contribution in [3.05, 3.63) is 65.5 Å². The van der Waals surface area contributed by atoms with Gasteiger partial charge in [0.2, 0.25) is 11.8 Å². The van der Waals surface area contributed by atoms with Crippen LogP contribution in [0.4, 0.5) is 8.78 Å². The van der Waals surface area contributed by atoms with E-state index in [1.807, 2.05) is 13.0 Å². The van der Waals surface area contributed by atoms with Crippen molar-refractivity contribution in [2.45, 2.75) is 89.1 Å². The number of nitriles is 1. The lowest BCUT2D eigenvalue weighted by Crippen LogP contribution is -2.58. The first kappa shape index (κ1) is 33.3. The van der Waals surface area contributed by atoms with Gasteiger partial charge in [0.25, 0.3) is 5.91 Å². The van der Waals surface area contributed by atoms with E-state index in [1.54, 1.807) is 6.07 Å². The maximum atomic E-state index is 13.9. The Balaban J connectivity index is 2.35. The molecule has 0 saturated carbocycles. The lowest BCUT2D eigenvalue weighted by atomic mass is 9.92. The molecule has 0 unspecified atom stereocenters. The van der Waals surface area contributed by atoms with E-state index in [1.165, 1.54) is 25.4 Å². The van der Waals surface area contributed by atoms with Crippen LogP contribution in [-0.4, -0.2) is 63.3 Å². The molecule has 222 valence electrons. The molecule has 0 aliphatic rings. The fourth-order valence-corrected chi connectivity index (χ4v) is 4.40. The van der Waals surface area contributed by atoms with Crippen LogP contribution in [0.25, 0.3) is 0 Å². The molecular weight excluding hydrogens is 536 g/mol. The van der Waals surface area contributed by atoms with Gasteiger partial charge < -0.3 is 26.2 Å². The molecule has 5 N–H and O–H groups in total. The highest BCUT2D eigenvalue weighted by Crippen LogP contribution is 2.17. The van der Waals surface area contributed by atoms with Crippen LogP contribution in [0.5, 0.6) is 0 Å². The number of nitrogens with zero attached hydrogens (tertiary/aromatic N) is 2. The van der Waals surface area contributed by atoms with Gasteiger partial charge >= 0.3 is 0 Å². The number of amides is 3. The summed E-state index contributed by atoms with van der Waals surface area (Å²) in [6, 6.07) is 4.09. The molecule has 2 aromatic rings. The van der Waals surface area contributed by atoms with Gasteiger partial charge in [-0.1, -0.05) is 32.6 Å². The van der Waals surface area contributed by atoms with Gasteiger partial charge in [0.15, 0.2) is 0 Å². The highest BCUT2D eigenvalue weighted by molar-refractivity contribution is 5.97. The molecule has 0 saturated heterocycles.